The van der Waals surface area contributed by atoms with Crippen LogP contribution in [0.15, 0.2) is 55.1 Å². The summed E-state index contributed by atoms with van der Waals surface area (Å²) in [6, 6.07) is 9.06. The predicted octanol–water partition coefficient (Wildman–Crippen LogP) is 4.09. The summed E-state index contributed by atoms with van der Waals surface area (Å²) >= 11 is 6.64. The minimum Gasteiger partial charge on any atom is -0.492 e. The van der Waals surface area contributed by atoms with Gasteiger partial charge in [0.2, 0.25) is 20.0 Å². The molecule has 1 saturated heterocycles. The van der Waals surface area contributed by atoms with Crippen LogP contribution in [0.1, 0.15) is 20.8 Å². The monoisotopic (exact) mass is 624 g/mol. The van der Waals surface area contributed by atoms with Crippen molar-refractivity contribution in [3.05, 3.63) is 45.3 Å². The largest absolute Gasteiger partial charge is 0.492 e. The van der Waals surface area contributed by atoms with E-state index >= 15 is 0 Å². The number of sulfonamides is 2. The van der Waals surface area contributed by atoms with Gasteiger partial charge < -0.3 is 9.47 Å². The Labute approximate surface area is 212 Å². The van der Waals surface area contributed by atoms with E-state index in [1.807, 2.05) is 0 Å². The minimum atomic E-state index is -3.92. The molecular formula is C21H26Br2N2O6S2. The van der Waals surface area contributed by atoms with Gasteiger partial charge >= 0.3 is 0 Å². The highest BCUT2D eigenvalue weighted by molar-refractivity contribution is 9.10. The zero-order chi connectivity index (χ0) is 24.4. The van der Waals surface area contributed by atoms with Crippen molar-refractivity contribution >= 4 is 51.9 Å². The minimum absolute atomic E-state index is 0.0115. The molecule has 0 aromatic heterocycles. The Morgan fingerprint density at radius 1 is 0.848 bits per heavy atom. The molecule has 0 spiro atoms. The third kappa shape index (κ3) is 5.57. The van der Waals surface area contributed by atoms with Crippen molar-refractivity contribution in [2.75, 3.05) is 32.8 Å². The van der Waals surface area contributed by atoms with Crippen LogP contribution in [-0.2, 0) is 20.0 Å². The van der Waals surface area contributed by atoms with Crippen LogP contribution >= 0.6 is 31.9 Å². The fraction of sp³-hybridized carbons (Fsp3) is 0.429. The Morgan fingerprint density at radius 3 is 1.79 bits per heavy atom. The van der Waals surface area contributed by atoms with Crippen LogP contribution in [0.25, 0.3) is 0 Å². The summed E-state index contributed by atoms with van der Waals surface area (Å²) in [7, 11) is -7.82. The maximum absolute atomic E-state index is 13.5. The lowest BCUT2D eigenvalue weighted by Gasteiger charge is -2.38. The SMILES string of the molecule is CCOc1ccc(Br)cc1S(=O)(=O)N1CCN(S(=O)(=O)c2cc(Br)ccc2OCC)[C@@H](C)C1. The number of halogens is 2. The first kappa shape index (κ1) is 26.4. The summed E-state index contributed by atoms with van der Waals surface area (Å²) in [5, 5.41) is 0. The lowest BCUT2D eigenvalue weighted by molar-refractivity contribution is 0.211. The molecule has 8 nitrogen and oxygen atoms in total. The van der Waals surface area contributed by atoms with Crippen molar-refractivity contribution in [3.8, 4) is 11.5 Å². The van der Waals surface area contributed by atoms with Gasteiger partial charge in [0.05, 0.1) is 13.2 Å². The van der Waals surface area contributed by atoms with Gasteiger partial charge in [-0.2, -0.15) is 8.61 Å². The first-order valence-corrected chi connectivity index (χ1v) is 14.9. The normalized spacial score (nSPS) is 18.3. The van der Waals surface area contributed by atoms with E-state index in [1.165, 1.54) is 20.7 Å². The molecule has 2 aromatic rings. The molecule has 3 rings (SSSR count). The highest BCUT2D eigenvalue weighted by Crippen LogP contribution is 2.34. The number of ether oxygens (including phenoxy) is 2. The number of piperazine rings is 1. The van der Waals surface area contributed by atoms with Gasteiger partial charge in [-0.1, -0.05) is 31.9 Å². The van der Waals surface area contributed by atoms with Gasteiger partial charge in [0, 0.05) is 34.6 Å². The smallest absolute Gasteiger partial charge is 0.247 e. The molecule has 0 saturated carbocycles. The van der Waals surface area contributed by atoms with Crippen molar-refractivity contribution < 1.29 is 26.3 Å². The molecule has 1 heterocycles. The zero-order valence-electron chi connectivity index (χ0n) is 18.5. The Morgan fingerprint density at radius 2 is 1.33 bits per heavy atom. The Bertz CT molecular complexity index is 1220. The summed E-state index contributed by atoms with van der Waals surface area (Å²) in [6.45, 7) is 5.94. The summed E-state index contributed by atoms with van der Waals surface area (Å²) in [5.74, 6) is 0.525. The number of rotatable bonds is 8. The van der Waals surface area contributed by atoms with Gasteiger partial charge in [0.15, 0.2) is 0 Å². The van der Waals surface area contributed by atoms with E-state index in [4.69, 9.17) is 9.47 Å². The second-order valence-electron chi connectivity index (χ2n) is 7.38. The molecule has 1 fully saturated rings. The highest BCUT2D eigenvalue weighted by Gasteiger charge is 2.40. The van der Waals surface area contributed by atoms with Gasteiger partial charge in [-0.05, 0) is 57.2 Å². The molecule has 12 heteroatoms. The maximum atomic E-state index is 13.5. The standard InChI is InChI=1S/C21H26Br2N2O6S2/c1-4-30-18-8-6-16(22)12-20(18)32(26,27)24-10-11-25(15(3)14-24)33(28,29)21-13-17(23)7-9-19(21)31-5-2/h6-9,12-13,15H,4-5,10-11,14H2,1-3H3/t15-/m0/s1. The Balaban J connectivity index is 1.90. The first-order chi connectivity index (χ1) is 15.5. The second-order valence-corrected chi connectivity index (χ2v) is 13.0. The van der Waals surface area contributed by atoms with Gasteiger partial charge in [-0.25, -0.2) is 16.8 Å². The van der Waals surface area contributed by atoms with Crippen LogP contribution in [0.5, 0.6) is 11.5 Å². The van der Waals surface area contributed by atoms with Gasteiger partial charge in [0.1, 0.15) is 21.3 Å². The van der Waals surface area contributed by atoms with Crippen LogP contribution < -0.4 is 9.47 Å². The third-order valence-electron chi connectivity index (χ3n) is 5.14. The molecule has 1 aliphatic heterocycles. The number of nitrogens with zero attached hydrogens (tertiary/aromatic N) is 2. The quantitative estimate of drug-likeness (QED) is 0.439. The molecule has 0 bridgehead atoms. The molecule has 0 aliphatic carbocycles. The predicted molar refractivity (Wildman–Crippen MR) is 133 cm³/mol. The summed E-state index contributed by atoms with van der Waals surface area (Å²) in [4.78, 5) is 0.0976. The molecule has 1 aliphatic rings. The fourth-order valence-electron chi connectivity index (χ4n) is 3.66. The average Bonchev–Trinajstić information content (AvgIpc) is 2.76. The number of hydrogen-bond donors (Lipinski definition) is 0. The van der Waals surface area contributed by atoms with Crippen LogP contribution in [0.3, 0.4) is 0 Å². The van der Waals surface area contributed by atoms with E-state index in [-0.39, 0.29) is 40.9 Å². The van der Waals surface area contributed by atoms with Crippen LogP contribution in [-0.4, -0.2) is 64.3 Å². The Kier molecular flexibility index (Phi) is 8.50. The van der Waals surface area contributed by atoms with E-state index in [0.29, 0.717) is 22.2 Å². The van der Waals surface area contributed by atoms with Crippen LogP contribution in [0, 0.1) is 0 Å². The maximum Gasteiger partial charge on any atom is 0.247 e. The van der Waals surface area contributed by atoms with Crippen LogP contribution in [0.2, 0.25) is 0 Å². The van der Waals surface area contributed by atoms with Crippen LogP contribution in [0.4, 0.5) is 0 Å². The highest BCUT2D eigenvalue weighted by atomic mass is 79.9. The van der Waals surface area contributed by atoms with E-state index in [2.05, 4.69) is 31.9 Å². The van der Waals surface area contributed by atoms with Crippen molar-refractivity contribution in [3.63, 3.8) is 0 Å². The molecule has 0 radical (unpaired) electrons. The van der Waals surface area contributed by atoms with Crippen molar-refractivity contribution in [1.29, 1.82) is 0 Å². The average molecular weight is 626 g/mol. The molecule has 0 N–H and O–H groups in total. The lowest BCUT2D eigenvalue weighted by atomic mass is 10.3. The summed E-state index contributed by atoms with van der Waals surface area (Å²) in [5.41, 5.74) is 0. The topological polar surface area (TPSA) is 93.2 Å². The molecule has 33 heavy (non-hydrogen) atoms. The number of hydrogen-bond acceptors (Lipinski definition) is 6. The second kappa shape index (κ2) is 10.6. The Hall–Kier alpha value is -1.18. The molecule has 1 atom stereocenters. The molecule has 0 unspecified atom stereocenters. The first-order valence-electron chi connectivity index (χ1n) is 10.4. The molecule has 0 amide bonds. The molecule has 2 aromatic carbocycles. The van der Waals surface area contributed by atoms with E-state index < -0.39 is 26.1 Å². The van der Waals surface area contributed by atoms with Crippen molar-refractivity contribution in [1.82, 2.24) is 8.61 Å². The van der Waals surface area contributed by atoms with E-state index in [9.17, 15) is 16.8 Å². The van der Waals surface area contributed by atoms with E-state index in [1.54, 1.807) is 45.0 Å². The van der Waals surface area contributed by atoms with Crippen molar-refractivity contribution in [2.24, 2.45) is 0 Å². The van der Waals surface area contributed by atoms with Gasteiger partial charge in [-0.3, -0.25) is 0 Å². The molecule has 182 valence electrons. The summed E-state index contributed by atoms with van der Waals surface area (Å²) < 4.78 is 68.7. The van der Waals surface area contributed by atoms with Crippen molar-refractivity contribution in [2.45, 2.75) is 36.6 Å². The van der Waals surface area contributed by atoms with Gasteiger partial charge in [0.25, 0.3) is 0 Å². The fourth-order valence-corrected chi connectivity index (χ4v) is 8.13. The summed E-state index contributed by atoms with van der Waals surface area (Å²) in [6.07, 6.45) is 0. The van der Waals surface area contributed by atoms with Gasteiger partial charge in [-0.15, -0.1) is 0 Å². The zero-order valence-corrected chi connectivity index (χ0v) is 23.3. The van der Waals surface area contributed by atoms with E-state index in [0.717, 1.165) is 0 Å². The third-order valence-corrected chi connectivity index (χ3v) is 10.1. The lowest BCUT2D eigenvalue weighted by Crippen LogP contribution is -2.55. The number of benzene rings is 2. The molecular weight excluding hydrogens is 600 g/mol.